The molecule has 0 spiro atoms. The molecule has 0 amide bonds. The average Bonchev–Trinajstić information content (AvgIpc) is 2.53. The highest BCUT2D eigenvalue weighted by Gasteiger charge is 2.23. The van der Waals surface area contributed by atoms with E-state index < -0.39 is 4.92 Å². The van der Waals surface area contributed by atoms with Crippen molar-refractivity contribution in [2.24, 2.45) is 5.92 Å². The van der Waals surface area contributed by atoms with Gasteiger partial charge in [-0.3, -0.25) is 10.1 Å². The van der Waals surface area contributed by atoms with Crippen molar-refractivity contribution in [1.29, 1.82) is 0 Å². The lowest BCUT2D eigenvalue weighted by molar-refractivity contribution is -0.384. The highest BCUT2D eigenvalue weighted by atomic mass is 16.6. The first-order valence-corrected chi connectivity index (χ1v) is 7.92. The summed E-state index contributed by atoms with van der Waals surface area (Å²) in [6, 6.07) is 4.24. The maximum Gasteiger partial charge on any atom is 0.270 e. The molecule has 0 heterocycles. The summed E-state index contributed by atoms with van der Waals surface area (Å²) in [5.41, 5.74) is 0.499. The van der Waals surface area contributed by atoms with Crippen LogP contribution in [0.25, 0.3) is 0 Å². The molecule has 0 aromatic heterocycles. The van der Waals surface area contributed by atoms with Crippen molar-refractivity contribution in [2.75, 3.05) is 6.61 Å². The Balaban J connectivity index is 2.02. The van der Waals surface area contributed by atoms with Crippen molar-refractivity contribution in [3.63, 3.8) is 0 Å². The van der Waals surface area contributed by atoms with E-state index in [1.54, 1.807) is 0 Å². The van der Waals surface area contributed by atoms with Crippen molar-refractivity contribution in [1.82, 2.24) is 5.32 Å². The van der Waals surface area contributed by atoms with Crippen LogP contribution in [0.5, 0.6) is 5.75 Å². The van der Waals surface area contributed by atoms with Gasteiger partial charge < -0.3 is 15.5 Å². The predicted octanol–water partition coefficient (Wildman–Crippen LogP) is 2.72. The zero-order valence-electron chi connectivity index (χ0n) is 12.7. The van der Waals surface area contributed by atoms with Gasteiger partial charge in [-0.15, -0.1) is 0 Å². The Morgan fingerprint density at radius 1 is 1.32 bits per heavy atom. The summed E-state index contributed by atoms with van der Waals surface area (Å²) in [6.07, 6.45) is 6.68. The molecular weight excluding hydrogens is 284 g/mol. The van der Waals surface area contributed by atoms with E-state index in [1.807, 2.05) is 0 Å². The summed E-state index contributed by atoms with van der Waals surface area (Å²) in [4.78, 5) is 10.4. The molecule has 6 heteroatoms. The van der Waals surface area contributed by atoms with Gasteiger partial charge in [0, 0.05) is 36.9 Å². The van der Waals surface area contributed by atoms with Gasteiger partial charge in [0.1, 0.15) is 5.75 Å². The third-order valence-electron chi connectivity index (χ3n) is 4.49. The van der Waals surface area contributed by atoms with Gasteiger partial charge in [0.15, 0.2) is 0 Å². The molecule has 1 aromatic rings. The van der Waals surface area contributed by atoms with Gasteiger partial charge in [-0.2, -0.15) is 0 Å². The molecule has 0 aliphatic heterocycles. The van der Waals surface area contributed by atoms with Gasteiger partial charge >= 0.3 is 0 Å². The number of phenols is 1. The van der Waals surface area contributed by atoms with Crippen LogP contribution in [0.4, 0.5) is 5.69 Å². The molecule has 3 N–H and O–H groups in total. The lowest BCUT2D eigenvalue weighted by atomic mass is 9.82. The number of aliphatic hydroxyl groups excluding tert-OH is 1. The summed E-state index contributed by atoms with van der Waals surface area (Å²) in [6.45, 7) is 0.490. The second-order valence-corrected chi connectivity index (χ2v) is 5.97. The molecule has 2 rings (SSSR count). The summed E-state index contributed by atoms with van der Waals surface area (Å²) in [5.74, 6) is 0.589. The lowest BCUT2D eigenvalue weighted by Gasteiger charge is -2.31. The van der Waals surface area contributed by atoms with Crippen LogP contribution in [0.1, 0.15) is 44.1 Å². The van der Waals surface area contributed by atoms with E-state index in [2.05, 4.69) is 5.32 Å². The first-order chi connectivity index (χ1) is 10.6. The van der Waals surface area contributed by atoms with E-state index in [9.17, 15) is 20.3 Å². The van der Waals surface area contributed by atoms with Crippen LogP contribution >= 0.6 is 0 Å². The molecular formula is C16H24N2O4. The number of benzene rings is 1. The molecule has 6 nitrogen and oxygen atoms in total. The molecule has 1 aliphatic rings. The number of nitro benzene ring substituents is 1. The largest absolute Gasteiger partial charge is 0.508 e. The van der Waals surface area contributed by atoms with Crippen molar-refractivity contribution in [2.45, 2.75) is 51.1 Å². The van der Waals surface area contributed by atoms with Crippen molar-refractivity contribution in [3.05, 3.63) is 33.9 Å². The Bertz CT molecular complexity index is 501. The number of hydrogen-bond donors (Lipinski definition) is 3. The van der Waals surface area contributed by atoms with Crippen molar-refractivity contribution >= 4 is 5.69 Å². The molecule has 122 valence electrons. The van der Waals surface area contributed by atoms with E-state index in [0.717, 1.165) is 12.8 Å². The van der Waals surface area contributed by atoms with Crippen LogP contribution in [0.3, 0.4) is 0 Å². The second kappa shape index (κ2) is 8.10. The number of aliphatic hydroxyl groups is 1. The molecule has 22 heavy (non-hydrogen) atoms. The molecule has 1 atom stereocenters. The standard InChI is InChI=1S/C16H24N2O4/c19-9-8-15(12-4-2-1-3-5-12)17-11-13-10-14(18(21)22)6-7-16(13)20/h6-7,10,12,15,17,19-20H,1-5,8-9,11H2. The summed E-state index contributed by atoms with van der Waals surface area (Å²) in [5, 5.41) is 33.3. The van der Waals surface area contributed by atoms with E-state index in [4.69, 9.17) is 0 Å². The third-order valence-corrected chi connectivity index (χ3v) is 4.49. The highest BCUT2D eigenvalue weighted by Crippen LogP contribution is 2.29. The smallest absolute Gasteiger partial charge is 0.270 e. The zero-order valence-corrected chi connectivity index (χ0v) is 12.7. The predicted molar refractivity (Wildman–Crippen MR) is 83.7 cm³/mol. The Morgan fingerprint density at radius 3 is 2.68 bits per heavy atom. The van der Waals surface area contributed by atoms with Gasteiger partial charge in [0.05, 0.1) is 4.92 Å². The molecule has 1 unspecified atom stereocenters. The van der Waals surface area contributed by atoms with Crippen molar-refractivity contribution < 1.29 is 15.1 Å². The number of aromatic hydroxyl groups is 1. The molecule has 1 saturated carbocycles. The monoisotopic (exact) mass is 308 g/mol. The Kier molecular flexibility index (Phi) is 6.15. The van der Waals surface area contributed by atoms with E-state index in [1.165, 1.54) is 37.5 Å². The number of phenolic OH excluding ortho intramolecular Hbond substituents is 1. The molecule has 1 aromatic carbocycles. The summed E-state index contributed by atoms with van der Waals surface area (Å²) >= 11 is 0. The Labute approximate surface area is 130 Å². The Hall–Kier alpha value is -1.66. The van der Waals surface area contributed by atoms with Crippen molar-refractivity contribution in [3.8, 4) is 5.75 Å². The van der Waals surface area contributed by atoms with Gasteiger partial charge in [0.2, 0.25) is 0 Å². The van der Waals surface area contributed by atoms with Crippen LogP contribution in [-0.4, -0.2) is 27.8 Å². The van der Waals surface area contributed by atoms with Crippen LogP contribution < -0.4 is 5.32 Å². The summed E-state index contributed by atoms with van der Waals surface area (Å²) < 4.78 is 0. The number of hydrogen-bond acceptors (Lipinski definition) is 5. The third kappa shape index (κ3) is 4.42. The first kappa shape index (κ1) is 16.7. The number of nitrogens with zero attached hydrogens (tertiary/aromatic N) is 1. The fourth-order valence-corrected chi connectivity index (χ4v) is 3.25. The highest BCUT2D eigenvalue weighted by molar-refractivity contribution is 5.42. The van der Waals surface area contributed by atoms with Crippen LogP contribution in [0.2, 0.25) is 0 Å². The quantitative estimate of drug-likeness (QED) is 0.531. The second-order valence-electron chi connectivity index (χ2n) is 5.97. The number of non-ortho nitro benzene ring substituents is 1. The summed E-state index contributed by atoms with van der Waals surface area (Å²) in [7, 11) is 0. The van der Waals surface area contributed by atoms with Gasteiger partial charge in [-0.25, -0.2) is 0 Å². The fourth-order valence-electron chi connectivity index (χ4n) is 3.25. The number of rotatable bonds is 7. The zero-order chi connectivity index (χ0) is 15.9. The lowest BCUT2D eigenvalue weighted by Crippen LogP contribution is -2.37. The van der Waals surface area contributed by atoms with Gasteiger partial charge in [-0.05, 0) is 31.2 Å². The maximum atomic E-state index is 10.8. The van der Waals surface area contributed by atoms with E-state index >= 15 is 0 Å². The maximum absolute atomic E-state index is 10.8. The van der Waals surface area contributed by atoms with Crippen LogP contribution in [-0.2, 0) is 6.54 Å². The minimum absolute atomic E-state index is 0.0222. The molecule has 0 radical (unpaired) electrons. The van der Waals surface area contributed by atoms with Crippen LogP contribution in [0.15, 0.2) is 18.2 Å². The number of nitrogens with one attached hydrogen (secondary N) is 1. The molecule has 1 aliphatic carbocycles. The topological polar surface area (TPSA) is 95.6 Å². The Morgan fingerprint density at radius 2 is 2.05 bits per heavy atom. The van der Waals surface area contributed by atoms with Gasteiger partial charge in [-0.1, -0.05) is 19.3 Å². The normalized spacial score (nSPS) is 17.3. The van der Waals surface area contributed by atoms with Gasteiger partial charge in [0.25, 0.3) is 5.69 Å². The average molecular weight is 308 g/mol. The first-order valence-electron chi connectivity index (χ1n) is 7.92. The van der Waals surface area contributed by atoms with E-state index in [0.29, 0.717) is 24.4 Å². The molecule has 0 bridgehead atoms. The number of nitro groups is 1. The molecule has 1 fully saturated rings. The van der Waals surface area contributed by atoms with E-state index in [-0.39, 0.29) is 24.1 Å². The SMILES string of the molecule is O=[N+]([O-])c1ccc(O)c(CNC(CCO)C2CCCCC2)c1. The molecule has 0 saturated heterocycles. The minimum atomic E-state index is -0.463. The minimum Gasteiger partial charge on any atom is -0.508 e. The fraction of sp³-hybridized carbons (Fsp3) is 0.625. The van der Waals surface area contributed by atoms with Crippen LogP contribution in [0, 0.1) is 16.0 Å².